The van der Waals surface area contributed by atoms with Crippen molar-refractivity contribution < 1.29 is 9.18 Å². The fourth-order valence-electron chi connectivity index (χ4n) is 1.29. The second-order valence-corrected chi connectivity index (χ2v) is 3.94. The van der Waals surface area contributed by atoms with E-state index in [0.29, 0.717) is 11.4 Å². The predicted octanol–water partition coefficient (Wildman–Crippen LogP) is 0.567. The Labute approximate surface area is 103 Å². The molecule has 0 spiro atoms. The summed E-state index contributed by atoms with van der Waals surface area (Å²) < 4.78 is 12.8. The topological polar surface area (TPSA) is 63.9 Å². The van der Waals surface area contributed by atoms with Crippen LogP contribution in [-0.4, -0.2) is 45.1 Å². The predicted molar refractivity (Wildman–Crippen MR) is 61.9 cm³/mol. The third-order valence-corrected chi connectivity index (χ3v) is 2.33. The van der Waals surface area contributed by atoms with Crippen LogP contribution in [0.2, 0.25) is 0 Å². The number of benzene rings is 1. The van der Waals surface area contributed by atoms with Crippen LogP contribution in [-0.2, 0) is 11.3 Å². The molecule has 0 saturated heterocycles. The van der Waals surface area contributed by atoms with Crippen LogP contribution < -0.4 is 0 Å². The van der Waals surface area contributed by atoms with Crippen molar-refractivity contribution in [3.63, 3.8) is 0 Å². The number of amides is 1. The second kappa shape index (κ2) is 4.91. The number of halogens is 1. The summed E-state index contributed by atoms with van der Waals surface area (Å²) in [5.41, 5.74) is 0.653. The molecular weight excluding hydrogens is 237 g/mol. The molecule has 1 heterocycles. The lowest BCUT2D eigenvalue weighted by Gasteiger charge is -2.08. The van der Waals surface area contributed by atoms with Crippen LogP contribution in [0, 0.1) is 5.82 Å². The molecular formula is C11H12FN5O. The van der Waals surface area contributed by atoms with E-state index in [-0.39, 0.29) is 18.3 Å². The van der Waals surface area contributed by atoms with Gasteiger partial charge < -0.3 is 4.90 Å². The number of carbonyl (C=O) groups is 1. The zero-order chi connectivity index (χ0) is 13.1. The van der Waals surface area contributed by atoms with E-state index >= 15 is 0 Å². The maximum atomic E-state index is 12.8. The number of nitrogens with zero attached hydrogens (tertiary/aromatic N) is 5. The summed E-state index contributed by atoms with van der Waals surface area (Å²) >= 11 is 0. The van der Waals surface area contributed by atoms with Gasteiger partial charge in [0, 0.05) is 19.7 Å². The van der Waals surface area contributed by atoms with Gasteiger partial charge in [0.2, 0.25) is 11.7 Å². The maximum Gasteiger partial charge on any atom is 0.245 e. The van der Waals surface area contributed by atoms with Gasteiger partial charge in [-0.3, -0.25) is 4.79 Å². The monoisotopic (exact) mass is 249 g/mol. The Kier molecular flexibility index (Phi) is 3.31. The van der Waals surface area contributed by atoms with Crippen molar-refractivity contribution >= 4 is 5.91 Å². The first kappa shape index (κ1) is 12.2. The highest BCUT2D eigenvalue weighted by Gasteiger charge is 2.10. The molecule has 7 heteroatoms. The molecule has 1 amide bonds. The Bertz CT molecular complexity index is 549. The van der Waals surface area contributed by atoms with Crippen molar-refractivity contribution in [1.29, 1.82) is 0 Å². The fourth-order valence-corrected chi connectivity index (χ4v) is 1.29. The van der Waals surface area contributed by atoms with Crippen LogP contribution >= 0.6 is 0 Å². The van der Waals surface area contributed by atoms with E-state index in [0.717, 1.165) is 0 Å². The highest BCUT2D eigenvalue weighted by Crippen LogP contribution is 2.13. The van der Waals surface area contributed by atoms with E-state index in [1.807, 2.05) is 0 Å². The molecule has 0 aliphatic heterocycles. The summed E-state index contributed by atoms with van der Waals surface area (Å²) in [4.78, 5) is 14.1. The molecule has 18 heavy (non-hydrogen) atoms. The van der Waals surface area contributed by atoms with E-state index in [1.54, 1.807) is 26.2 Å². The maximum absolute atomic E-state index is 12.8. The first-order valence-corrected chi connectivity index (χ1v) is 5.30. The normalized spacial score (nSPS) is 10.4. The van der Waals surface area contributed by atoms with Gasteiger partial charge in [-0.25, -0.2) is 4.39 Å². The fraction of sp³-hybridized carbons (Fsp3) is 0.273. The van der Waals surface area contributed by atoms with Crippen molar-refractivity contribution in [2.75, 3.05) is 14.1 Å². The van der Waals surface area contributed by atoms with Crippen molar-refractivity contribution in [1.82, 2.24) is 25.1 Å². The van der Waals surface area contributed by atoms with E-state index in [1.165, 1.54) is 21.8 Å². The number of carbonyl (C=O) groups excluding carboxylic acids is 1. The smallest absolute Gasteiger partial charge is 0.245 e. The summed E-state index contributed by atoms with van der Waals surface area (Å²) in [6.45, 7) is 0.0290. The molecule has 6 nitrogen and oxygen atoms in total. The minimum Gasteiger partial charge on any atom is -0.347 e. The van der Waals surface area contributed by atoms with Gasteiger partial charge in [0.05, 0.1) is 0 Å². The van der Waals surface area contributed by atoms with Crippen LogP contribution in [0.4, 0.5) is 4.39 Å². The summed E-state index contributed by atoms with van der Waals surface area (Å²) in [7, 11) is 3.31. The molecule has 0 fully saturated rings. The average molecular weight is 249 g/mol. The second-order valence-electron chi connectivity index (χ2n) is 3.94. The minimum atomic E-state index is -0.325. The molecule has 2 aromatic rings. The largest absolute Gasteiger partial charge is 0.347 e. The molecule has 0 unspecified atom stereocenters. The number of likely N-dealkylation sites (N-methyl/N-ethyl adjacent to an activating group) is 1. The van der Waals surface area contributed by atoms with Gasteiger partial charge in [-0.2, -0.15) is 4.80 Å². The number of aromatic nitrogens is 4. The van der Waals surface area contributed by atoms with Gasteiger partial charge in [0.25, 0.3) is 0 Å². The Morgan fingerprint density at radius 3 is 2.61 bits per heavy atom. The summed E-state index contributed by atoms with van der Waals surface area (Å²) in [5, 5.41) is 11.6. The zero-order valence-electron chi connectivity index (χ0n) is 10.0. The molecule has 0 aliphatic rings. The van der Waals surface area contributed by atoms with Crippen LogP contribution in [0.25, 0.3) is 11.4 Å². The Morgan fingerprint density at radius 2 is 2.00 bits per heavy atom. The molecule has 0 aliphatic carbocycles. The minimum absolute atomic E-state index is 0.0290. The molecule has 0 N–H and O–H groups in total. The van der Waals surface area contributed by atoms with E-state index < -0.39 is 0 Å². The standard InChI is InChI=1S/C11H12FN5O/c1-16(2)10(18)7-17-14-11(13-15-17)8-3-5-9(12)6-4-8/h3-6H,7H2,1-2H3. The van der Waals surface area contributed by atoms with Crippen molar-refractivity contribution in [2.24, 2.45) is 0 Å². The molecule has 0 saturated carbocycles. The van der Waals surface area contributed by atoms with Gasteiger partial charge in [0.15, 0.2) is 0 Å². The highest BCUT2D eigenvalue weighted by atomic mass is 19.1. The van der Waals surface area contributed by atoms with Crippen molar-refractivity contribution in [3.05, 3.63) is 30.1 Å². The Balaban J connectivity index is 2.15. The quantitative estimate of drug-likeness (QED) is 0.797. The van der Waals surface area contributed by atoms with E-state index in [4.69, 9.17) is 0 Å². The number of hydrogen-bond acceptors (Lipinski definition) is 4. The van der Waals surface area contributed by atoms with Crippen molar-refractivity contribution in [2.45, 2.75) is 6.54 Å². The van der Waals surface area contributed by atoms with Gasteiger partial charge >= 0.3 is 0 Å². The Hall–Kier alpha value is -2.31. The van der Waals surface area contributed by atoms with E-state index in [2.05, 4.69) is 15.4 Å². The molecule has 94 valence electrons. The van der Waals surface area contributed by atoms with Gasteiger partial charge in [-0.05, 0) is 29.5 Å². The van der Waals surface area contributed by atoms with Gasteiger partial charge in [-0.15, -0.1) is 10.2 Å². The first-order valence-electron chi connectivity index (χ1n) is 5.30. The Morgan fingerprint density at radius 1 is 1.33 bits per heavy atom. The molecule has 0 bridgehead atoms. The average Bonchev–Trinajstić information content (AvgIpc) is 2.78. The van der Waals surface area contributed by atoms with Crippen LogP contribution in [0.1, 0.15) is 0 Å². The van der Waals surface area contributed by atoms with Crippen LogP contribution in [0.15, 0.2) is 24.3 Å². The van der Waals surface area contributed by atoms with Crippen molar-refractivity contribution in [3.8, 4) is 11.4 Å². The SMILES string of the molecule is CN(C)C(=O)Cn1nnc(-c2ccc(F)cc2)n1. The summed E-state index contributed by atoms with van der Waals surface area (Å²) in [6, 6.07) is 5.76. The van der Waals surface area contributed by atoms with Crippen LogP contribution in [0.5, 0.6) is 0 Å². The first-order chi connectivity index (χ1) is 8.56. The number of tetrazole rings is 1. The molecule has 2 rings (SSSR count). The third kappa shape index (κ3) is 2.68. The van der Waals surface area contributed by atoms with Crippen LogP contribution in [0.3, 0.4) is 0 Å². The third-order valence-electron chi connectivity index (χ3n) is 2.33. The lowest BCUT2D eigenvalue weighted by molar-refractivity contribution is -0.129. The van der Waals surface area contributed by atoms with Gasteiger partial charge in [-0.1, -0.05) is 0 Å². The number of rotatable bonds is 3. The molecule has 1 aromatic carbocycles. The van der Waals surface area contributed by atoms with E-state index in [9.17, 15) is 9.18 Å². The molecule has 0 radical (unpaired) electrons. The zero-order valence-corrected chi connectivity index (χ0v) is 10.0. The lowest BCUT2D eigenvalue weighted by atomic mass is 10.2. The highest BCUT2D eigenvalue weighted by molar-refractivity contribution is 5.75. The summed E-state index contributed by atoms with van der Waals surface area (Å²) in [6.07, 6.45) is 0. The number of hydrogen-bond donors (Lipinski definition) is 0. The molecule has 0 atom stereocenters. The van der Waals surface area contributed by atoms with Gasteiger partial charge in [0.1, 0.15) is 12.4 Å². The lowest BCUT2D eigenvalue weighted by Crippen LogP contribution is -2.27. The summed E-state index contributed by atoms with van der Waals surface area (Å²) in [5.74, 6) is -0.0893. The molecule has 1 aromatic heterocycles.